The van der Waals surface area contributed by atoms with Crippen molar-refractivity contribution in [3.63, 3.8) is 0 Å². The van der Waals surface area contributed by atoms with Crippen LogP contribution in [0.5, 0.6) is 5.75 Å². The van der Waals surface area contributed by atoms with Crippen molar-refractivity contribution < 1.29 is 19.4 Å². The van der Waals surface area contributed by atoms with Gasteiger partial charge in [0.05, 0.1) is 5.56 Å². The van der Waals surface area contributed by atoms with Crippen LogP contribution in [0.2, 0.25) is 5.02 Å². The zero-order valence-electron chi connectivity index (χ0n) is 11.5. The molecule has 1 rings (SSSR count). The Balaban J connectivity index is 3.17. The third-order valence-electron chi connectivity index (χ3n) is 2.52. The van der Waals surface area contributed by atoms with E-state index in [0.717, 1.165) is 0 Å². The highest BCUT2D eigenvalue weighted by molar-refractivity contribution is 6.31. The molecule has 4 nitrogen and oxygen atoms in total. The first-order valence-electron chi connectivity index (χ1n) is 6.13. The van der Waals surface area contributed by atoms with Gasteiger partial charge in [0.25, 0.3) is 0 Å². The number of carbonyl (C=O) groups excluding carboxylic acids is 1. The van der Waals surface area contributed by atoms with Gasteiger partial charge < -0.3 is 9.84 Å². The molecule has 0 saturated carbocycles. The minimum absolute atomic E-state index is 0.179. The molecule has 0 aliphatic carbocycles. The first kappa shape index (κ1) is 16.7. The van der Waals surface area contributed by atoms with Crippen LogP contribution in [0.15, 0.2) is 54.7 Å². The van der Waals surface area contributed by atoms with E-state index < -0.39 is 12.6 Å². The van der Waals surface area contributed by atoms with E-state index in [2.05, 4.69) is 6.58 Å². The molecular formula is C16H15ClO4. The fourth-order valence-electron chi connectivity index (χ4n) is 1.58. The molecular weight excluding hydrogens is 292 g/mol. The summed E-state index contributed by atoms with van der Waals surface area (Å²) in [4.78, 5) is 23.0. The lowest BCUT2D eigenvalue weighted by molar-refractivity contribution is -0.139. The number of aliphatic carboxylic acids is 1. The summed E-state index contributed by atoms with van der Waals surface area (Å²) in [7, 11) is 0. The first-order chi connectivity index (χ1) is 9.99. The van der Waals surface area contributed by atoms with Gasteiger partial charge in [-0.05, 0) is 25.1 Å². The van der Waals surface area contributed by atoms with E-state index in [9.17, 15) is 9.59 Å². The normalized spacial score (nSPS) is 11.4. The number of Topliss-reactive ketones (excluding diaryl/α,β-unsaturated/α-hetero) is 1. The Kier molecular flexibility index (Phi) is 6.43. The molecule has 0 spiro atoms. The van der Waals surface area contributed by atoms with Gasteiger partial charge >= 0.3 is 5.97 Å². The highest BCUT2D eigenvalue weighted by Gasteiger charge is 2.16. The molecule has 21 heavy (non-hydrogen) atoms. The van der Waals surface area contributed by atoms with Crippen molar-refractivity contribution in [3.8, 4) is 5.75 Å². The second kappa shape index (κ2) is 8.07. The third kappa shape index (κ3) is 4.93. The number of ether oxygens (including phenoxy) is 1. The van der Waals surface area contributed by atoms with Crippen molar-refractivity contribution in [1.29, 1.82) is 0 Å². The zero-order chi connectivity index (χ0) is 15.8. The van der Waals surface area contributed by atoms with Gasteiger partial charge in [0.1, 0.15) is 5.75 Å². The molecule has 0 radical (unpaired) electrons. The Morgan fingerprint density at radius 1 is 1.43 bits per heavy atom. The van der Waals surface area contributed by atoms with E-state index in [4.69, 9.17) is 21.4 Å². The van der Waals surface area contributed by atoms with Gasteiger partial charge in [0.2, 0.25) is 0 Å². The molecule has 0 amide bonds. The number of carbonyl (C=O) groups is 2. The lowest BCUT2D eigenvalue weighted by atomic mass is 10.0. The van der Waals surface area contributed by atoms with Gasteiger partial charge in [-0.15, -0.1) is 0 Å². The number of ketones is 1. The van der Waals surface area contributed by atoms with E-state index in [1.807, 2.05) is 0 Å². The Morgan fingerprint density at radius 3 is 2.71 bits per heavy atom. The van der Waals surface area contributed by atoms with E-state index in [-0.39, 0.29) is 17.1 Å². The van der Waals surface area contributed by atoms with Crippen molar-refractivity contribution in [2.75, 3.05) is 6.61 Å². The summed E-state index contributed by atoms with van der Waals surface area (Å²) in [6.07, 6.45) is 6.44. The van der Waals surface area contributed by atoms with Gasteiger partial charge in [-0.3, -0.25) is 4.79 Å². The lowest BCUT2D eigenvalue weighted by Crippen LogP contribution is -2.12. The van der Waals surface area contributed by atoms with E-state index in [0.29, 0.717) is 10.6 Å². The van der Waals surface area contributed by atoms with Crippen LogP contribution in [-0.4, -0.2) is 23.5 Å². The third-order valence-corrected chi connectivity index (χ3v) is 2.76. The second-order valence-electron chi connectivity index (χ2n) is 3.99. The van der Waals surface area contributed by atoms with Crippen molar-refractivity contribution in [2.24, 2.45) is 0 Å². The van der Waals surface area contributed by atoms with Crippen LogP contribution in [0.1, 0.15) is 17.3 Å². The molecule has 0 unspecified atom stereocenters. The fourth-order valence-corrected chi connectivity index (χ4v) is 1.75. The molecule has 0 aromatic heterocycles. The Labute approximate surface area is 128 Å². The average molecular weight is 307 g/mol. The molecule has 0 aliphatic heterocycles. The summed E-state index contributed by atoms with van der Waals surface area (Å²) in [5.41, 5.74) is 0.642. The molecule has 5 heteroatoms. The Morgan fingerprint density at radius 2 is 2.14 bits per heavy atom. The van der Waals surface area contributed by atoms with Crippen LogP contribution in [0.25, 0.3) is 0 Å². The second-order valence-corrected chi connectivity index (χ2v) is 4.43. The summed E-state index contributed by atoms with van der Waals surface area (Å²) >= 11 is 5.90. The van der Waals surface area contributed by atoms with Gasteiger partial charge in [-0.2, -0.15) is 0 Å². The molecule has 0 bridgehead atoms. The van der Waals surface area contributed by atoms with E-state index in [1.165, 1.54) is 18.2 Å². The number of allylic oxidation sites excluding steroid dienone is 5. The maximum absolute atomic E-state index is 12.5. The molecule has 0 atom stereocenters. The highest BCUT2D eigenvalue weighted by Crippen LogP contribution is 2.26. The summed E-state index contributed by atoms with van der Waals surface area (Å²) in [6, 6.07) is 4.46. The predicted molar refractivity (Wildman–Crippen MR) is 82.0 cm³/mol. The zero-order valence-corrected chi connectivity index (χ0v) is 12.3. The molecule has 1 aromatic rings. The van der Waals surface area contributed by atoms with Gasteiger partial charge in [0.15, 0.2) is 12.4 Å². The monoisotopic (exact) mass is 306 g/mol. The van der Waals surface area contributed by atoms with Gasteiger partial charge in [-0.25, -0.2) is 4.79 Å². The number of hydrogen-bond donors (Lipinski definition) is 1. The maximum atomic E-state index is 12.5. The first-order valence-corrected chi connectivity index (χ1v) is 6.51. The number of halogens is 1. The minimum Gasteiger partial charge on any atom is -0.481 e. The number of carboxylic acid groups (broad SMARTS) is 1. The van der Waals surface area contributed by atoms with Crippen LogP contribution < -0.4 is 4.74 Å². The number of benzene rings is 1. The number of hydrogen-bond acceptors (Lipinski definition) is 3. The summed E-state index contributed by atoms with van der Waals surface area (Å²) in [6.45, 7) is 4.74. The summed E-state index contributed by atoms with van der Waals surface area (Å²) in [5, 5.41) is 9.03. The predicted octanol–water partition coefficient (Wildman–Crippen LogP) is 3.67. The Hall–Kier alpha value is -2.33. The van der Waals surface area contributed by atoms with Crippen molar-refractivity contribution >= 4 is 23.4 Å². The van der Waals surface area contributed by atoms with Crippen LogP contribution in [0.4, 0.5) is 0 Å². The molecule has 0 aliphatic rings. The topological polar surface area (TPSA) is 63.6 Å². The van der Waals surface area contributed by atoms with Crippen LogP contribution in [-0.2, 0) is 4.79 Å². The molecule has 0 fully saturated rings. The quantitative estimate of drug-likeness (QED) is 0.474. The molecule has 0 heterocycles. The van der Waals surface area contributed by atoms with Crippen molar-refractivity contribution in [3.05, 3.63) is 65.2 Å². The molecule has 0 saturated heterocycles. The van der Waals surface area contributed by atoms with Crippen LogP contribution in [0, 0.1) is 0 Å². The van der Waals surface area contributed by atoms with Crippen LogP contribution >= 0.6 is 11.6 Å². The summed E-state index contributed by atoms with van der Waals surface area (Å²) < 4.78 is 5.12. The van der Waals surface area contributed by atoms with Crippen molar-refractivity contribution in [2.45, 2.75) is 6.92 Å². The summed E-state index contributed by atoms with van der Waals surface area (Å²) in [5.74, 6) is -1.25. The number of rotatable bonds is 7. The minimum atomic E-state index is -1.12. The van der Waals surface area contributed by atoms with Gasteiger partial charge in [-0.1, -0.05) is 42.5 Å². The maximum Gasteiger partial charge on any atom is 0.341 e. The van der Waals surface area contributed by atoms with E-state index >= 15 is 0 Å². The smallest absolute Gasteiger partial charge is 0.341 e. The lowest BCUT2D eigenvalue weighted by Gasteiger charge is -2.10. The van der Waals surface area contributed by atoms with E-state index in [1.54, 1.807) is 31.2 Å². The van der Waals surface area contributed by atoms with Crippen molar-refractivity contribution in [1.82, 2.24) is 0 Å². The fraction of sp³-hybridized carbons (Fsp3) is 0.125. The SMILES string of the molecule is C=C/C=C\C(=C/C)C(=O)c1cc(Cl)ccc1OCC(=O)O. The Bertz CT molecular complexity index is 615. The van der Waals surface area contributed by atoms with Gasteiger partial charge in [0, 0.05) is 10.6 Å². The molecule has 110 valence electrons. The molecule has 1 N–H and O–H groups in total. The largest absolute Gasteiger partial charge is 0.481 e. The standard InChI is InChI=1S/C16H15ClO4/c1-3-5-6-11(4-2)16(20)13-9-12(17)7-8-14(13)21-10-15(18)19/h3-9H,1,10H2,2H3,(H,18,19)/b6-5-,11-4+. The highest BCUT2D eigenvalue weighted by atomic mass is 35.5. The molecule has 1 aromatic carbocycles. The van der Waals surface area contributed by atoms with Crippen LogP contribution in [0.3, 0.4) is 0 Å². The average Bonchev–Trinajstić information content (AvgIpc) is 2.46. The number of carboxylic acids is 1.